The third-order valence-corrected chi connectivity index (χ3v) is 4.00. The molecule has 0 bridgehead atoms. The van der Waals surface area contributed by atoms with Crippen molar-refractivity contribution in [3.63, 3.8) is 0 Å². The van der Waals surface area contributed by atoms with E-state index < -0.39 is 0 Å². The summed E-state index contributed by atoms with van der Waals surface area (Å²) in [6.45, 7) is 0.669. The van der Waals surface area contributed by atoms with Crippen LogP contribution >= 0.6 is 0 Å². The number of methoxy groups -OCH3 is 2. The van der Waals surface area contributed by atoms with Gasteiger partial charge in [0.05, 0.1) is 14.2 Å². The van der Waals surface area contributed by atoms with E-state index in [0.717, 1.165) is 22.4 Å². The molecule has 0 amide bonds. The van der Waals surface area contributed by atoms with Crippen molar-refractivity contribution in [3.8, 4) is 17.6 Å². The molecule has 3 rings (SSSR count). The van der Waals surface area contributed by atoms with Crippen molar-refractivity contribution in [2.24, 2.45) is 5.73 Å². The Kier molecular flexibility index (Phi) is 3.85. The minimum absolute atomic E-state index is 0.380. The second kappa shape index (κ2) is 5.97. The minimum atomic E-state index is 0.380. The van der Waals surface area contributed by atoms with E-state index in [9.17, 15) is 5.26 Å². The number of dihydropyridines is 1. The van der Waals surface area contributed by atoms with Gasteiger partial charge >= 0.3 is 0 Å². The monoisotopic (exact) mass is 310 g/mol. The van der Waals surface area contributed by atoms with E-state index in [1.807, 2.05) is 24.4 Å². The molecule has 0 unspecified atom stereocenters. The Morgan fingerprint density at radius 2 is 2.13 bits per heavy atom. The Labute approximate surface area is 134 Å². The number of allylic oxidation sites excluding steroid dienone is 2. The number of nitrogens with zero attached hydrogens (tertiary/aromatic N) is 1. The molecule has 118 valence electrons. The summed E-state index contributed by atoms with van der Waals surface area (Å²) in [5, 5.41) is 15.7. The van der Waals surface area contributed by atoms with Crippen LogP contribution in [0.2, 0.25) is 0 Å². The van der Waals surface area contributed by atoms with Gasteiger partial charge in [0.15, 0.2) is 11.5 Å². The van der Waals surface area contributed by atoms with E-state index in [1.54, 1.807) is 14.2 Å². The lowest BCUT2D eigenvalue weighted by Crippen LogP contribution is -2.22. The number of nitrogens with one attached hydrogen (secondary N) is 2. The van der Waals surface area contributed by atoms with Gasteiger partial charge in [-0.05, 0) is 11.6 Å². The van der Waals surface area contributed by atoms with Gasteiger partial charge in [0.25, 0.3) is 0 Å². The third kappa shape index (κ3) is 2.46. The normalized spacial score (nSPS) is 16.1. The number of para-hydroxylation sites is 1. The zero-order chi connectivity index (χ0) is 16.4. The highest BCUT2D eigenvalue weighted by Gasteiger charge is 2.28. The van der Waals surface area contributed by atoms with Crippen molar-refractivity contribution in [1.29, 1.82) is 5.26 Å². The van der Waals surface area contributed by atoms with Crippen molar-refractivity contribution >= 4 is 0 Å². The number of benzene rings is 1. The molecule has 0 saturated heterocycles. The van der Waals surface area contributed by atoms with Crippen molar-refractivity contribution in [1.82, 2.24) is 10.6 Å². The first-order valence-corrected chi connectivity index (χ1v) is 7.22. The molecule has 1 aromatic carbocycles. The predicted octanol–water partition coefficient (Wildman–Crippen LogP) is 1.28. The first-order chi connectivity index (χ1) is 11.2. The summed E-state index contributed by atoms with van der Waals surface area (Å²) >= 11 is 0. The van der Waals surface area contributed by atoms with E-state index in [0.29, 0.717) is 35.9 Å². The predicted molar refractivity (Wildman–Crippen MR) is 86.3 cm³/mol. The number of ether oxygens (including phenoxy) is 2. The van der Waals surface area contributed by atoms with Gasteiger partial charge in [-0.2, -0.15) is 5.26 Å². The lowest BCUT2D eigenvalue weighted by Gasteiger charge is -2.16. The largest absolute Gasteiger partial charge is 0.493 e. The van der Waals surface area contributed by atoms with E-state index in [4.69, 9.17) is 15.2 Å². The molecule has 23 heavy (non-hydrogen) atoms. The van der Waals surface area contributed by atoms with Crippen LogP contribution in [0.4, 0.5) is 0 Å². The zero-order valence-electron chi connectivity index (χ0n) is 13.1. The van der Waals surface area contributed by atoms with Crippen molar-refractivity contribution in [2.45, 2.75) is 6.42 Å². The summed E-state index contributed by atoms with van der Waals surface area (Å²) in [6.07, 6.45) is 2.44. The average Bonchev–Trinajstić information content (AvgIpc) is 2.97. The molecular weight excluding hydrogens is 292 g/mol. The van der Waals surface area contributed by atoms with Crippen molar-refractivity contribution in [2.75, 3.05) is 20.8 Å². The summed E-state index contributed by atoms with van der Waals surface area (Å²) < 4.78 is 10.8. The maximum absolute atomic E-state index is 9.41. The quantitative estimate of drug-likeness (QED) is 0.776. The number of fused-ring (bicyclic) bond motifs is 1. The van der Waals surface area contributed by atoms with Gasteiger partial charge in [0.1, 0.15) is 17.5 Å². The molecule has 0 saturated carbocycles. The fourth-order valence-electron chi connectivity index (χ4n) is 2.93. The van der Waals surface area contributed by atoms with Gasteiger partial charge in [-0.25, -0.2) is 0 Å². The van der Waals surface area contributed by atoms with Crippen LogP contribution in [0.25, 0.3) is 0 Å². The SMILES string of the molecule is COc1cccc(CC2=C3C(=CNC(N)=C3C#N)CN2)c1OC. The van der Waals surface area contributed by atoms with Crippen LogP contribution in [0.1, 0.15) is 5.56 Å². The Morgan fingerprint density at radius 1 is 1.30 bits per heavy atom. The highest BCUT2D eigenvalue weighted by Crippen LogP contribution is 2.36. The standard InChI is InChI=1S/C17H18N4O2/c1-22-14-5-3-4-10(16(14)23-2)6-13-15-11(8-20-13)9-21-17(19)12(15)7-18/h3-5,9,20-21H,6,8,19H2,1-2H3. The molecule has 0 fully saturated rings. The summed E-state index contributed by atoms with van der Waals surface area (Å²) in [7, 11) is 3.23. The van der Waals surface area contributed by atoms with Crippen LogP contribution in [0.5, 0.6) is 11.5 Å². The van der Waals surface area contributed by atoms with E-state index in [-0.39, 0.29) is 0 Å². The first-order valence-electron chi connectivity index (χ1n) is 7.22. The highest BCUT2D eigenvalue weighted by molar-refractivity contribution is 5.63. The van der Waals surface area contributed by atoms with Crippen LogP contribution in [-0.2, 0) is 6.42 Å². The third-order valence-electron chi connectivity index (χ3n) is 4.00. The van der Waals surface area contributed by atoms with Gasteiger partial charge in [0.2, 0.25) is 0 Å². The highest BCUT2D eigenvalue weighted by atomic mass is 16.5. The summed E-state index contributed by atoms with van der Waals surface area (Å²) in [5.74, 6) is 1.77. The molecule has 0 aromatic heterocycles. The molecular formula is C17H18N4O2. The first kappa shape index (κ1) is 14.9. The molecule has 2 heterocycles. The lowest BCUT2D eigenvalue weighted by atomic mass is 9.95. The number of nitrogens with two attached hydrogens (primary N) is 1. The van der Waals surface area contributed by atoms with Crippen LogP contribution < -0.4 is 25.8 Å². The molecule has 0 atom stereocenters. The van der Waals surface area contributed by atoms with Gasteiger partial charge in [-0.1, -0.05) is 12.1 Å². The van der Waals surface area contributed by atoms with Gasteiger partial charge in [0, 0.05) is 36.0 Å². The fraction of sp³-hybridized carbons (Fsp3) is 0.235. The van der Waals surface area contributed by atoms with E-state index in [2.05, 4.69) is 16.7 Å². The zero-order valence-corrected chi connectivity index (χ0v) is 13.1. The summed E-state index contributed by atoms with van der Waals surface area (Å²) in [6, 6.07) is 7.95. The second-order valence-electron chi connectivity index (χ2n) is 5.25. The lowest BCUT2D eigenvalue weighted by molar-refractivity contribution is 0.352. The molecule has 0 aliphatic carbocycles. The van der Waals surface area contributed by atoms with Gasteiger partial charge in [-0.15, -0.1) is 0 Å². The Morgan fingerprint density at radius 3 is 2.83 bits per heavy atom. The van der Waals surface area contributed by atoms with Crippen LogP contribution in [0.3, 0.4) is 0 Å². The summed E-state index contributed by atoms with van der Waals surface area (Å²) in [5.41, 5.74) is 10.2. The molecule has 2 aliphatic heterocycles. The van der Waals surface area contributed by atoms with Gasteiger partial charge in [-0.3, -0.25) is 0 Å². The average molecular weight is 310 g/mol. The number of rotatable bonds is 4. The smallest absolute Gasteiger partial charge is 0.164 e. The molecule has 2 aliphatic rings. The van der Waals surface area contributed by atoms with E-state index >= 15 is 0 Å². The van der Waals surface area contributed by atoms with Crippen LogP contribution in [-0.4, -0.2) is 20.8 Å². The number of hydrogen-bond acceptors (Lipinski definition) is 6. The van der Waals surface area contributed by atoms with E-state index in [1.165, 1.54) is 0 Å². The summed E-state index contributed by atoms with van der Waals surface area (Å²) in [4.78, 5) is 0. The topological polar surface area (TPSA) is 92.3 Å². The molecule has 4 N–H and O–H groups in total. The molecule has 6 nitrogen and oxygen atoms in total. The Bertz CT molecular complexity index is 784. The van der Waals surface area contributed by atoms with Gasteiger partial charge < -0.3 is 25.8 Å². The Balaban J connectivity index is 2.04. The maximum atomic E-state index is 9.41. The Hall–Kier alpha value is -3.07. The van der Waals surface area contributed by atoms with Crippen molar-refractivity contribution in [3.05, 3.63) is 58.2 Å². The molecule has 1 aromatic rings. The molecule has 0 radical (unpaired) electrons. The van der Waals surface area contributed by atoms with Crippen molar-refractivity contribution < 1.29 is 9.47 Å². The molecule has 0 spiro atoms. The number of nitriles is 1. The van der Waals surface area contributed by atoms with Crippen LogP contribution in [0, 0.1) is 11.3 Å². The molecule has 6 heteroatoms. The minimum Gasteiger partial charge on any atom is -0.493 e. The van der Waals surface area contributed by atoms with Crippen LogP contribution in [0.15, 0.2) is 52.6 Å². The fourth-order valence-corrected chi connectivity index (χ4v) is 2.93. The second-order valence-corrected chi connectivity index (χ2v) is 5.25. The number of hydrogen-bond donors (Lipinski definition) is 3. The maximum Gasteiger partial charge on any atom is 0.164 e.